The summed E-state index contributed by atoms with van der Waals surface area (Å²) in [7, 11) is 0. The average molecular weight is 293 g/mol. The van der Waals surface area contributed by atoms with Gasteiger partial charge in [-0.15, -0.1) is 0 Å². The van der Waals surface area contributed by atoms with Gasteiger partial charge in [-0.2, -0.15) is 0 Å². The molecule has 1 aromatic rings. The predicted molar refractivity (Wildman–Crippen MR) is 86.0 cm³/mol. The SMILES string of the molecule is CCC(C)CN(CC)CCOc1ccc(C(N)=NO)cc1. The number of hydrogen-bond donors (Lipinski definition) is 2. The third-order valence-corrected chi connectivity index (χ3v) is 3.65. The van der Waals surface area contributed by atoms with Crippen molar-refractivity contribution in [3.05, 3.63) is 29.8 Å². The number of nitrogens with two attached hydrogens (primary N) is 1. The van der Waals surface area contributed by atoms with Crippen LogP contribution in [0.2, 0.25) is 0 Å². The van der Waals surface area contributed by atoms with E-state index >= 15 is 0 Å². The van der Waals surface area contributed by atoms with Crippen LogP contribution in [0.15, 0.2) is 29.4 Å². The fourth-order valence-electron chi connectivity index (χ4n) is 2.02. The van der Waals surface area contributed by atoms with Crippen molar-refractivity contribution in [3.63, 3.8) is 0 Å². The first-order valence-electron chi connectivity index (χ1n) is 7.53. The average Bonchev–Trinajstić information content (AvgIpc) is 2.53. The lowest BCUT2D eigenvalue weighted by molar-refractivity contribution is 0.194. The number of nitrogens with zero attached hydrogens (tertiary/aromatic N) is 2. The first-order valence-corrected chi connectivity index (χ1v) is 7.53. The number of benzene rings is 1. The van der Waals surface area contributed by atoms with Crippen LogP contribution in [0.1, 0.15) is 32.8 Å². The minimum Gasteiger partial charge on any atom is -0.492 e. The predicted octanol–water partition coefficient (Wildman–Crippen LogP) is 2.53. The molecule has 1 unspecified atom stereocenters. The lowest BCUT2D eigenvalue weighted by Crippen LogP contribution is -2.32. The summed E-state index contributed by atoms with van der Waals surface area (Å²) in [5.41, 5.74) is 6.19. The molecule has 0 heterocycles. The normalized spacial score (nSPS) is 13.4. The molecule has 0 saturated heterocycles. The van der Waals surface area contributed by atoms with E-state index in [-0.39, 0.29) is 5.84 Å². The third-order valence-electron chi connectivity index (χ3n) is 3.65. The molecule has 0 aliphatic heterocycles. The van der Waals surface area contributed by atoms with Gasteiger partial charge < -0.3 is 15.7 Å². The molecule has 5 nitrogen and oxygen atoms in total. The molecular formula is C16H27N3O2. The molecule has 0 aliphatic carbocycles. The third kappa shape index (κ3) is 6.04. The first kappa shape index (κ1) is 17.3. The van der Waals surface area contributed by atoms with Crippen LogP contribution in [0.4, 0.5) is 0 Å². The zero-order valence-electron chi connectivity index (χ0n) is 13.2. The van der Waals surface area contributed by atoms with Crippen molar-refractivity contribution in [2.24, 2.45) is 16.8 Å². The number of ether oxygens (including phenoxy) is 1. The van der Waals surface area contributed by atoms with Crippen molar-refractivity contribution in [3.8, 4) is 5.75 Å². The second-order valence-electron chi connectivity index (χ2n) is 5.26. The van der Waals surface area contributed by atoms with Gasteiger partial charge >= 0.3 is 0 Å². The van der Waals surface area contributed by atoms with Crippen LogP contribution in [-0.4, -0.2) is 42.2 Å². The lowest BCUT2D eigenvalue weighted by atomic mass is 10.1. The molecule has 0 saturated carbocycles. The Kier molecular flexibility index (Phi) is 7.61. The molecule has 0 spiro atoms. The van der Waals surface area contributed by atoms with Gasteiger partial charge in [-0.1, -0.05) is 32.3 Å². The van der Waals surface area contributed by atoms with Gasteiger partial charge in [-0.05, 0) is 36.7 Å². The van der Waals surface area contributed by atoms with Gasteiger partial charge in [-0.25, -0.2) is 0 Å². The van der Waals surface area contributed by atoms with Crippen molar-refractivity contribution in [2.45, 2.75) is 27.2 Å². The van der Waals surface area contributed by atoms with E-state index in [0.717, 1.165) is 25.4 Å². The van der Waals surface area contributed by atoms with Crippen molar-refractivity contribution in [1.82, 2.24) is 4.90 Å². The van der Waals surface area contributed by atoms with E-state index in [4.69, 9.17) is 15.7 Å². The van der Waals surface area contributed by atoms with E-state index in [1.54, 1.807) is 12.1 Å². The standard InChI is InChI=1S/C16H27N3O2/c1-4-13(3)12-19(5-2)10-11-21-15-8-6-14(7-9-15)16(17)18-20/h6-9,13,20H,4-5,10-12H2,1-3H3,(H2,17,18). The first-order chi connectivity index (χ1) is 10.1. The van der Waals surface area contributed by atoms with Crippen LogP contribution in [-0.2, 0) is 0 Å². The number of hydrogen-bond acceptors (Lipinski definition) is 4. The number of rotatable bonds is 9. The molecule has 0 fully saturated rings. The van der Waals surface area contributed by atoms with Crippen LogP contribution in [0, 0.1) is 5.92 Å². The summed E-state index contributed by atoms with van der Waals surface area (Å²) in [6, 6.07) is 7.22. The second-order valence-corrected chi connectivity index (χ2v) is 5.26. The van der Waals surface area contributed by atoms with Crippen LogP contribution < -0.4 is 10.5 Å². The summed E-state index contributed by atoms with van der Waals surface area (Å²) in [5, 5.41) is 11.6. The molecule has 21 heavy (non-hydrogen) atoms. The Labute approximate surface area is 127 Å². The molecule has 0 amide bonds. The fraction of sp³-hybridized carbons (Fsp3) is 0.562. The molecule has 118 valence electrons. The maximum Gasteiger partial charge on any atom is 0.170 e. The van der Waals surface area contributed by atoms with Crippen molar-refractivity contribution < 1.29 is 9.94 Å². The van der Waals surface area contributed by atoms with E-state index in [9.17, 15) is 0 Å². The largest absolute Gasteiger partial charge is 0.492 e. The van der Waals surface area contributed by atoms with E-state index in [1.165, 1.54) is 6.42 Å². The lowest BCUT2D eigenvalue weighted by Gasteiger charge is -2.23. The Hall–Kier alpha value is -1.75. The van der Waals surface area contributed by atoms with E-state index in [2.05, 4.69) is 30.8 Å². The minimum atomic E-state index is 0.104. The molecule has 1 rings (SSSR count). The Morgan fingerprint density at radius 1 is 1.33 bits per heavy atom. The quantitative estimate of drug-likeness (QED) is 0.318. The maximum absolute atomic E-state index is 8.61. The van der Waals surface area contributed by atoms with Crippen LogP contribution in [0.5, 0.6) is 5.75 Å². The summed E-state index contributed by atoms with van der Waals surface area (Å²) in [6.45, 7) is 10.4. The van der Waals surface area contributed by atoms with Crippen molar-refractivity contribution >= 4 is 5.84 Å². The van der Waals surface area contributed by atoms with Gasteiger partial charge in [0, 0.05) is 18.7 Å². The zero-order valence-corrected chi connectivity index (χ0v) is 13.2. The summed E-state index contributed by atoms with van der Waals surface area (Å²) in [5.74, 6) is 1.61. The maximum atomic E-state index is 8.61. The molecule has 0 aromatic heterocycles. The summed E-state index contributed by atoms with van der Waals surface area (Å²) in [6.07, 6.45) is 1.20. The molecule has 3 N–H and O–H groups in total. The van der Waals surface area contributed by atoms with Gasteiger partial charge in [0.25, 0.3) is 0 Å². The second kappa shape index (κ2) is 9.23. The molecule has 0 bridgehead atoms. The van der Waals surface area contributed by atoms with Crippen LogP contribution >= 0.6 is 0 Å². The van der Waals surface area contributed by atoms with Crippen LogP contribution in [0.25, 0.3) is 0 Å². The summed E-state index contributed by atoms with van der Waals surface area (Å²) >= 11 is 0. The Morgan fingerprint density at radius 2 is 2.00 bits per heavy atom. The highest BCUT2D eigenvalue weighted by molar-refractivity contribution is 5.97. The Balaban J connectivity index is 2.41. The van der Waals surface area contributed by atoms with E-state index in [1.807, 2.05) is 12.1 Å². The highest BCUT2D eigenvalue weighted by Gasteiger charge is 2.07. The van der Waals surface area contributed by atoms with Gasteiger partial charge in [0.2, 0.25) is 0 Å². The monoisotopic (exact) mass is 293 g/mol. The molecule has 5 heteroatoms. The van der Waals surface area contributed by atoms with E-state index < -0.39 is 0 Å². The molecular weight excluding hydrogens is 266 g/mol. The molecule has 1 aromatic carbocycles. The van der Waals surface area contributed by atoms with Gasteiger partial charge in [0.1, 0.15) is 12.4 Å². The van der Waals surface area contributed by atoms with Crippen molar-refractivity contribution in [2.75, 3.05) is 26.2 Å². The molecule has 0 aliphatic rings. The van der Waals surface area contributed by atoms with Gasteiger partial charge in [-0.3, -0.25) is 4.90 Å². The molecule has 0 radical (unpaired) electrons. The highest BCUT2D eigenvalue weighted by Crippen LogP contribution is 2.12. The Bertz CT molecular complexity index is 432. The fourth-order valence-corrected chi connectivity index (χ4v) is 2.02. The number of likely N-dealkylation sites (N-methyl/N-ethyl adjacent to an activating group) is 1. The van der Waals surface area contributed by atoms with Crippen LogP contribution in [0.3, 0.4) is 0 Å². The topological polar surface area (TPSA) is 71.1 Å². The summed E-state index contributed by atoms with van der Waals surface area (Å²) < 4.78 is 5.74. The van der Waals surface area contributed by atoms with Gasteiger partial charge in [0.15, 0.2) is 5.84 Å². The van der Waals surface area contributed by atoms with E-state index in [0.29, 0.717) is 18.1 Å². The smallest absolute Gasteiger partial charge is 0.170 e. The summed E-state index contributed by atoms with van der Waals surface area (Å²) in [4.78, 5) is 2.40. The van der Waals surface area contributed by atoms with Gasteiger partial charge in [0.05, 0.1) is 0 Å². The Morgan fingerprint density at radius 3 is 2.52 bits per heavy atom. The number of oxime groups is 1. The zero-order chi connectivity index (χ0) is 15.7. The van der Waals surface area contributed by atoms with Crippen molar-refractivity contribution in [1.29, 1.82) is 0 Å². The molecule has 1 atom stereocenters. The number of amidine groups is 1. The highest BCUT2D eigenvalue weighted by atomic mass is 16.5. The minimum absolute atomic E-state index is 0.104.